The molecule has 1 aromatic heterocycles. The number of amides is 1. The number of aromatic nitrogens is 2. The second-order valence-electron chi connectivity index (χ2n) is 6.23. The molecule has 0 bridgehead atoms. The SMILES string of the molecule is COc1ccc(C(=O)NC(=S)Nc2ccc(S(=O)(=O)Nc3ccc(OC)nn3)cc2)cc1. The molecule has 32 heavy (non-hydrogen) atoms. The maximum Gasteiger partial charge on any atom is 0.263 e. The second-order valence-corrected chi connectivity index (χ2v) is 8.32. The van der Waals surface area contributed by atoms with Crippen molar-refractivity contribution in [2.24, 2.45) is 0 Å². The van der Waals surface area contributed by atoms with Crippen molar-refractivity contribution in [1.82, 2.24) is 15.5 Å². The molecule has 1 heterocycles. The molecule has 0 aliphatic rings. The first kappa shape index (κ1) is 22.9. The van der Waals surface area contributed by atoms with E-state index in [1.165, 1.54) is 50.6 Å². The maximum absolute atomic E-state index is 12.5. The van der Waals surface area contributed by atoms with Crippen molar-refractivity contribution in [2.75, 3.05) is 24.3 Å². The summed E-state index contributed by atoms with van der Waals surface area (Å²) in [5, 5.41) is 12.9. The Balaban J connectivity index is 1.60. The van der Waals surface area contributed by atoms with Crippen molar-refractivity contribution in [2.45, 2.75) is 4.90 Å². The summed E-state index contributed by atoms with van der Waals surface area (Å²) in [5.41, 5.74) is 0.900. The first-order valence-corrected chi connectivity index (χ1v) is 11.0. The Kier molecular flexibility index (Phi) is 7.18. The number of thiocarbonyl (C=S) groups is 1. The number of nitrogens with one attached hydrogen (secondary N) is 3. The van der Waals surface area contributed by atoms with E-state index in [9.17, 15) is 13.2 Å². The number of hydrogen-bond acceptors (Lipinski definition) is 8. The van der Waals surface area contributed by atoms with Gasteiger partial charge in [-0.3, -0.25) is 14.8 Å². The molecule has 3 aromatic rings. The Morgan fingerprint density at radius 1 is 0.906 bits per heavy atom. The molecule has 2 aromatic carbocycles. The molecule has 0 fully saturated rings. The molecular weight excluding hydrogens is 454 g/mol. The van der Waals surface area contributed by atoms with Crippen molar-refractivity contribution < 1.29 is 22.7 Å². The molecule has 10 nitrogen and oxygen atoms in total. The van der Waals surface area contributed by atoms with Crippen LogP contribution in [0.1, 0.15) is 10.4 Å². The quantitative estimate of drug-likeness (QED) is 0.443. The van der Waals surface area contributed by atoms with E-state index in [0.717, 1.165) is 0 Å². The zero-order valence-electron chi connectivity index (χ0n) is 17.0. The van der Waals surface area contributed by atoms with Crippen LogP contribution in [-0.2, 0) is 10.0 Å². The molecule has 0 aliphatic heterocycles. The Hall–Kier alpha value is -3.77. The highest BCUT2D eigenvalue weighted by Gasteiger charge is 2.15. The van der Waals surface area contributed by atoms with Crippen LogP contribution in [0.25, 0.3) is 0 Å². The van der Waals surface area contributed by atoms with Crippen LogP contribution in [0.3, 0.4) is 0 Å². The fraction of sp³-hybridized carbons (Fsp3) is 0.100. The zero-order chi connectivity index (χ0) is 23.1. The minimum Gasteiger partial charge on any atom is -0.497 e. The van der Waals surface area contributed by atoms with Gasteiger partial charge in [0, 0.05) is 17.3 Å². The molecule has 0 saturated carbocycles. The molecule has 0 unspecified atom stereocenters. The van der Waals surface area contributed by atoms with Gasteiger partial charge in [-0.05, 0) is 66.8 Å². The third kappa shape index (κ3) is 5.89. The van der Waals surface area contributed by atoms with Crippen LogP contribution in [0, 0.1) is 0 Å². The van der Waals surface area contributed by atoms with E-state index in [2.05, 4.69) is 25.6 Å². The number of hydrogen-bond donors (Lipinski definition) is 3. The van der Waals surface area contributed by atoms with Crippen LogP contribution in [0.2, 0.25) is 0 Å². The minimum absolute atomic E-state index is 0.00820. The van der Waals surface area contributed by atoms with Crippen molar-refractivity contribution in [3.8, 4) is 11.6 Å². The van der Waals surface area contributed by atoms with Crippen LogP contribution in [0.4, 0.5) is 11.5 Å². The number of carbonyl (C=O) groups is 1. The third-order valence-electron chi connectivity index (χ3n) is 4.09. The lowest BCUT2D eigenvalue weighted by atomic mass is 10.2. The van der Waals surface area contributed by atoms with Gasteiger partial charge in [0.15, 0.2) is 10.9 Å². The summed E-state index contributed by atoms with van der Waals surface area (Å²) >= 11 is 5.15. The molecule has 0 radical (unpaired) electrons. The summed E-state index contributed by atoms with van der Waals surface area (Å²) in [6.45, 7) is 0. The number of rotatable bonds is 7. The van der Waals surface area contributed by atoms with Gasteiger partial charge in [0.1, 0.15) is 5.75 Å². The van der Waals surface area contributed by atoms with E-state index in [0.29, 0.717) is 17.0 Å². The first-order valence-electron chi connectivity index (χ1n) is 9.08. The summed E-state index contributed by atoms with van der Waals surface area (Å²) in [7, 11) is -0.907. The summed E-state index contributed by atoms with van der Waals surface area (Å²) in [6.07, 6.45) is 0. The molecule has 166 valence electrons. The van der Waals surface area contributed by atoms with Crippen molar-refractivity contribution in [1.29, 1.82) is 0 Å². The lowest BCUT2D eigenvalue weighted by Crippen LogP contribution is -2.34. The Bertz CT molecular complexity index is 1200. The van der Waals surface area contributed by atoms with E-state index in [1.54, 1.807) is 24.3 Å². The summed E-state index contributed by atoms with van der Waals surface area (Å²) < 4.78 is 37.3. The number of methoxy groups -OCH3 is 2. The fourth-order valence-electron chi connectivity index (χ4n) is 2.48. The molecule has 3 rings (SSSR count). The molecule has 0 spiro atoms. The maximum atomic E-state index is 12.5. The predicted molar refractivity (Wildman–Crippen MR) is 123 cm³/mol. The highest BCUT2D eigenvalue weighted by molar-refractivity contribution is 7.92. The van der Waals surface area contributed by atoms with E-state index < -0.39 is 15.9 Å². The standard InChI is InChI=1S/C20H19N5O5S2/c1-29-15-7-3-13(4-8-15)19(26)22-20(31)21-14-5-9-16(10-6-14)32(27,28)25-17-11-12-18(30-2)24-23-17/h3-12H,1-2H3,(H,23,25)(H2,21,22,26,31). The fourth-order valence-corrected chi connectivity index (χ4v) is 3.68. The lowest BCUT2D eigenvalue weighted by molar-refractivity contribution is 0.0977. The van der Waals surface area contributed by atoms with Gasteiger partial charge in [-0.15, -0.1) is 10.2 Å². The van der Waals surface area contributed by atoms with Crippen molar-refractivity contribution in [3.63, 3.8) is 0 Å². The average Bonchev–Trinajstić information content (AvgIpc) is 2.79. The van der Waals surface area contributed by atoms with Crippen LogP contribution in [-0.4, -0.2) is 43.9 Å². The average molecular weight is 474 g/mol. The van der Waals surface area contributed by atoms with E-state index in [-0.39, 0.29) is 21.7 Å². The third-order valence-corrected chi connectivity index (χ3v) is 5.66. The number of nitrogens with zero attached hydrogens (tertiary/aromatic N) is 2. The first-order chi connectivity index (χ1) is 15.3. The second kappa shape index (κ2) is 10.0. The van der Waals surface area contributed by atoms with Gasteiger partial charge >= 0.3 is 0 Å². The molecule has 1 amide bonds. The number of benzene rings is 2. The van der Waals surface area contributed by atoms with E-state index in [4.69, 9.17) is 21.7 Å². The smallest absolute Gasteiger partial charge is 0.263 e. The van der Waals surface area contributed by atoms with Gasteiger partial charge in [-0.2, -0.15) is 0 Å². The van der Waals surface area contributed by atoms with Crippen LogP contribution in [0.5, 0.6) is 11.6 Å². The van der Waals surface area contributed by atoms with E-state index >= 15 is 0 Å². The topological polar surface area (TPSA) is 132 Å². The number of anilines is 2. The minimum atomic E-state index is -3.87. The van der Waals surface area contributed by atoms with Crippen LogP contribution < -0.4 is 24.8 Å². The van der Waals surface area contributed by atoms with Gasteiger partial charge in [0.25, 0.3) is 15.9 Å². The van der Waals surface area contributed by atoms with Crippen molar-refractivity contribution >= 4 is 44.8 Å². The van der Waals surface area contributed by atoms with Gasteiger partial charge < -0.3 is 14.8 Å². The van der Waals surface area contributed by atoms with Gasteiger partial charge in [0.05, 0.1) is 19.1 Å². The summed E-state index contributed by atoms with van der Waals surface area (Å²) in [5.74, 6) is 0.550. The molecular formula is C20H19N5O5S2. The molecule has 0 aliphatic carbocycles. The summed E-state index contributed by atoms with van der Waals surface area (Å²) in [4.78, 5) is 12.3. The molecule has 0 atom stereocenters. The predicted octanol–water partition coefficient (Wildman–Crippen LogP) is 2.42. The highest BCUT2D eigenvalue weighted by Crippen LogP contribution is 2.18. The van der Waals surface area contributed by atoms with Crippen molar-refractivity contribution in [3.05, 3.63) is 66.2 Å². The number of ether oxygens (including phenoxy) is 2. The normalized spacial score (nSPS) is 10.7. The van der Waals surface area contributed by atoms with Crippen LogP contribution in [0.15, 0.2) is 65.6 Å². The highest BCUT2D eigenvalue weighted by atomic mass is 32.2. The Morgan fingerprint density at radius 3 is 2.16 bits per heavy atom. The lowest BCUT2D eigenvalue weighted by Gasteiger charge is -2.11. The van der Waals surface area contributed by atoms with Crippen LogP contribution >= 0.6 is 12.2 Å². The monoisotopic (exact) mass is 473 g/mol. The zero-order valence-corrected chi connectivity index (χ0v) is 18.7. The largest absolute Gasteiger partial charge is 0.497 e. The Labute approximate surface area is 190 Å². The molecule has 3 N–H and O–H groups in total. The van der Waals surface area contributed by atoms with Gasteiger partial charge in [0.2, 0.25) is 5.88 Å². The van der Waals surface area contributed by atoms with Gasteiger partial charge in [-0.25, -0.2) is 8.42 Å². The number of sulfonamides is 1. The van der Waals surface area contributed by atoms with E-state index in [1.807, 2.05) is 0 Å². The number of carbonyl (C=O) groups excluding carboxylic acids is 1. The summed E-state index contributed by atoms with van der Waals surface area (Å²) in [6, 6.07) is 15.3. The Morgan fingerprint density at radius 2 is 1.59 bits per heavy atom. The van der Waals surface area contributed by atoms with Gasteiger partial charge in [-0.1, -0.05) is 0 Å². The molecule has 0 saturated heterocycles. The molecule has 12 heteroatoms.